The van der Waals surface area contributed by atoms with Gasteiger partial charge in [0.1, 0.15) is 21.8 Å². The first-order valence-electron chi connectivity index (χ1n) is 14.0. The number of carbonyl (C=O) groups excluding carboxylic acids is 1. The second-order valence-corrected chi connectivity index (χ2v) is 12.4. The number of thiocarbonyl (C=S) groups is 1. The van der Waals surface area contributed by atoms with Gasteiger partial charge in [0.15, 0.2) is 0 Å². The summed E-state index contributed by atoms with van der Waals surface area (Å²) in [6, 6.07) is 19.8. The number of halogens is 1. The Labute approximate surface area is 261 Å². The number of nitriles is 1. The second kappa shape index (κ2) is 13.2. The van der Waals surface area contributed by atoms with Crippen molar-refractivity contribution in [2.45, 2.75) is 39.8 Å². The Morgan fingerprint density at radius 1 is 1.02 bits per heavy atom. The van der Waals surface area contributed by atoms with Crippen LogP contribution in [-0.2, 0) is 17.9 Å². The molecule has 2 aliphatic heterocycles. The molecule has 0 radical (unpaired) electrons. The van der Waals surface area contributed by atoms with Gasteiger partial charge >= 0.3 is 0 Å². The summed E-state index contributed by atoms with van der Waals surface area (Å²) in [6.45, 7) is 7.59. The molecule has 10 heteroatoms. The molecule has 5 rings (SSSR count). The molecule has 0 saturated carbocycles. The SMILES string of the molecule is CCCCn1c(N2CCN(c3ccccc3)CC2)c(/C=C2/SC(=S)N(Cc3ccccc3Cl)C2=O)c(C)c(C#N)c1=O. The molecule has 42 heavy (non-hydrogen) atoms. The van der Waals surface area contributed by atoms with Crippen molar-refractivity contribution in [3.05, 3.63) is 97.1 Å². The fourth-order valence-electron chi connectivity index (χ4n) is 5.39. The molecular formula is C32H32ClN5O2S2. The standard InChI is InChI=1S/C32H32ClN5O2S2/c1-3-4-14-37-29(36-17-15-35(16-18-36)24-11-6-5-7-12-24)25(22(2)26(20-34)30(37)39)19-28-31(40)38(32(41)42-28)21-23-10-8-9-13-27(23)33/h5-13,19H,3-4,14-18,21H2,1-2H3/b28-19+. The normalized spacial score (nSPS) is 16.4. The number of pyridine rings is 1. The first-order chi connectivity index (χ1) is 20.3. The van der Waals surface area contributed by atoms with Gasteiger partial charge in [-0.3, -0.25) is 19.1 Å². The molecular weight excluding hydrogens is 586 g/mol. The van der Waals surface area contributed by atoms with Crippen molar-refractivity contribution in [1.29, 1.82) is 5.26 Å². The van der Waals surface area contributed by atoms with E-state index >= 15 is 0 Å². The third kappa shape index (κ3) is 5.98. The summed E-state index contributed by atoms with van der Waals surface area (Å²) in [5.74, 6) is 0.544. The molecule has 0 atom stereocenters. The first-order valence-corrected chi connectivity index (χ1v) is 15.7. The number of hydrogen-bond donors (Lipinski definition) is 0. The van der Waals surface area contributed by atoms with E-state index < -0.39 is 0 Å². The maximum absolute atomic E-state index is 13.7. The van der Waals surface area contributed by atoms with Crippen LogP contribution in [0.4, 0.5) is 11.5 Å². The molecule has 0 bridgehead atoms. The van der Waals surface area contributed by atoms with Crippen molar-refractivity contribution in [3.63, 3.8) is 0 Å². The molecule has 0 aliphatic carbocycles. The number of unbranched alkanes of at least 4 members (excludes halogenated alkanes) is 1. The number of anilines is 2. The topological polar surface area (TPSA) is 72.6 Å². The molecule has 216 valence electrons. The number of benzene rings is 2. The molecule has 2 aromatic carbocycles. The van der Waals surface area contributed by atoms with Crippen molar-refractivity contribution < 1.29 is 4.79 Å². The third-order valence-electron chi connectivity index (χ3n) is 7.72. The Hall–Kier alpha value is -3.58. The van der Waals surface area contributed by atoms with Crippen molar-refractivity contribution in [2.24, 2.45) is 0 Å². The van der Waals surface area contributed by atoms with Crippen LogP contribution < -0.4 is 15.4 Å². The Morgan fingerprint density at radius 3 is 2.36 bits per heavy atom. The third-order valence-corrected chi connectivity index (χ3v) is 9.46. The van der Waals surface area contributed by atoms with E-state index in [9.17, 15) is 14.9 Å². The number of amides is 1. The zero-order chi connectivity index (χ0) is 29.8. The zero-order valence-electron chi connectivity index (χ0n) is 23.7. The van der Waals surface area contributed by atoms with Gasteiger partial charge in [0, 0.05) is 49.0 Å². The maximum atomic E-state index is 13.7. The van der Waals surface area contributed by atoms with Crippen molar-refractivity contribution in [1.82, 2.24) is 9.47 Å². The lowest BCUT2D eigenvalue weighted by Gasteiger charge is -2.39. The van der Waals surface area contributed by atoms with Crippen LogP contribution in [-0.4, -0.2) is 45.9 Å². The van der Waals surface area contributed by atoms with E-state index in [1.807, 2.05) is 42.5 Å². The fourth-order valence-corrected chi connectivity index (χ4v) is 6.82. The summed E-state index contributed by atoms with van der Waals surface area (Å²) >= 11 is 13.2. The second-order valence-electron chi connectivity index (χ2n) is 10.3. The van der Waals surface area contributed by atoms with Gasteiger partial charge in [-0.1, -0.05) is 85.3 Å². The molecule has 0 N–H and O–H groups in total. The Kier molecular flexibility index (Phi) is 9.37. The number of piperazine rings is 1. The average molecular weight is 618 g/mol. The molecule has 2 aliphatic rings. The van der Waals surface area contributed by atoms with Crippen LogP contribution in [0.3, 0.4) is 0 Å². The molecule has 2 fully saturated rings. The van der Waals surface area contributed by atoms with Gasteiger partial charge < -0.3 is 9.80 Å². The predicted octanol–water partition coefficient (Wildman–Crippen LogP) is 6.21. The largest absolute Gasteiger partial charge is 0.368 e. The van der Waals surface area contributed by atoms with Gasteiger partial charge in [0.25, 0.3) is 11.5 Å². The number of aromatic nitrogens is 1. The number of hydrogen-bond acceptors (Lipinski definition) is 7. The number of para-hydroxylation sites is 1. The Morgan fingerprint density at radius 2 is 1.69 bits per heavy atom. The summed E-state index contributed by atoms with van der Waals surface area (Å²) in [5.41, 5.74) is 3.09. The van der Waals surface area contributed by atoms with E-state index in [2.05, 4.69) is 34.9 Å². The molecule has 0 unspecified atom stereocenters. The smallest absolute Gasteiger partial charge is 0.270 e. The lowest BCUT2D eigenvalue weighted by Crippen LogP contribution is -2.48. The van der Waals surface area contributed by atoms with Crippen molar-refractivity contribution in [2.75, 3.05) is 36.0 Å². The van der Waals surface area contributed by atoms with Crippen LogP contribution in [0.25, 0.3) is 6.08 Å². The maximum Gasteiger partial charge on any atom is 0.270 e. The highest BCUT2D eigenvalue weighted by atomic mass is 35.5. The Bertz CT molecular complexity index is 1640. The van der Waals surface area contributed by atoms with E-state index in [1.54, 1.807) is 22.5 Å². The quantitative estimate of drug-likeness (QED) is 0.220. The van der Waals surface area contributed by atoms with E-state index in [-0.39, 0.29) is 23.6 Å². The van der Waals surface area contributed by atoms with Gasteiger partial charge in [-0.2, -0.15) is 5.26 Å². The Balaban J connectivity index is 1.55. The van der Waals surface area contributed by atoms with Gasteiger partial charge in [-0.05, 0) is 48.7 Å². The van der Waals surface area contributed by atoms with Crippen LogP contribution in [0.5, 0.6) is 0 Å². The predicted molar refractivity (Wildman–Crippen MR) is 176 cm³/mol. The number of thioether (sulfide) groups is 1. The molecule has 1 aromatic heterocycles. The highest BCUT2D eigenvalue weighted by Crippen LogP contribution is 2.37. The molecule has 3 aromatic rings. The molecule has 2 saturated heterocycles. The highest BCUT2D eigenvalue weighted by molar-refractivity contribution is 8.26. The lowest BCUT2D eigenvalue weighted by atomic mass is 10.0. The van der Waals surface area contributed by atoms with E-state index in [1.165, 1.54) is 17.4 Å². The van der Waals surface area contributed by atoms with Gasteiger partial charge in [0.2, 0.25) is 0 Å². The molecule has 3 heterocycles. The monoisotopic (exact) mass is 617 g/mol. The fraction of sp³-hybridized carbons (Fsp3) is 0.312. The summed E-state index contributed by atoms with van der Waals surface area (Å²) < 4.78 is 2.19. The minimum atomic E-state index is -0.285. The van der Waals surface area contributed by atoms with Crippen LogP contribution >= 0.6 is 35.6 Å². The minimum Gasteiger partial charge on any atom is -0.368 e. The van der Waals surface area contributed by atoms with Crippen LogP contribution in [0.15, 0.2) is 64.3 Å². The van der Waals surface area contributed by atoms with Crippen LogP contribution in [0.1, 0.15) is 42.0 Å². The number of nitrogens with zero attached hydrogens (tertiary/aromatic N) is 5. The van der Waals surface area contributed by atoms with Crippen molar-refractivity contribution in [3.8, 4) is 6.07 Å². The zero-order valence-corrected chi connectivity index (χ0v) is 26.1. The van der Waals surface area contributed by atoms with E-state index in [0.29, 0.717) is 45.0 Å². The van der Waals surface area contributed by atoms with Gasteiger partial charge in [0.05, 0.1) is 11.4 Å². The average Bonchev–Trinajstić information content (AvgIpc) is 3.27. The van der Waals surface area contributed by atoms with E-state index in [4.69, 9.17) is 23.8 Å². The van der Waals surface area contributed by atoms with Gasteiger partial charge in [-0.15, -0.1) is 0 Å². The summed E-state index contributed by atoms with van der Waals surface area (Å²) in [4.78, 5) is 33.9. The summed E-state index contributed by atoms with van der Waals surface area (Å²) in [5, 5.41) is 10.6. The molecule has 0 spiro atoms. The minimum absolute atomic E-state index is 0.107. The molecule has 7 nitrogen and oxygen atoms in total. The van der Waals surface area contributed by atoms with E-state index in [0.717, 1.165) is 37.3 Å². The summed E-state index contributed by atoms with van der Waals surface area (Å²) in [7, 11) is 0. The van der Waals surface area contributed by atoms with Crippen LogP contribution in [0.2, 0.25) is 5.02 Å². The highest BCUT2D eigenvalue weighted by Gasteiger charge is 2.34. The van der Waals surface area contributed by atoms with Crippen LogP contribution in [0, 0.1) is 18.3 Å². The number of rotatable bonds is 8. The molecule has 1 amide bonds. The van der Waals surface area contributed by atoms with Gasteiger partial charge in [-0.25, -0.2) is 0 Å². The summed E-state index contributed by atoms with van der Waals surface area (Å²) in [6.07, 6.45) is 3.52. The van der Waals surface area contributed by atoms with Crippen molar-refractivity contribution >= 4 is 63.4 Å². The first kappa shape index (κ1) is 29.9. The number of carbonyl (C=O) groups is 1. The lowest BCUT2D eigenvalue weighted by molar-refractivity contribution is -0.122.